The number of halogens is 1. The monoisotopic (exact) mass is 314 g/mol. The summed E-state index contributed by atoms with van der Waals surface area (Å²) in [5, 5.41) is 0.650. The van der Waals surface area contributed by atoms with Crippen molar-refractivity contribution in [2.75, 3.05) is 33.4 Å². The fraction of sp³-hybridized carbons (Fsp3) is 0.533. The SMILES string of the molecule is COCCN(CCCOc1cccc(Cl)c1)C(C)C(N)=O. The van der Waals surface area contributed by atoms with Gasteiger partial charge in [-0.25, -0.2) is 0 Å². The van der Waals surface area contributed by atoms with Crippen LogP contribution >= 0.6 is 11.6 Å². The molecule has 118 valence electrons. The molecule has 0 saturated heterocycles. The maximum Gasteiger partial charge on any atom is 0.234 e. The summed E-state index contributed by atoms with van der Waals surface area (Å²) in [6, 6.07) is 6.97. The van der Waals surface area contributed by atoms with Crippen molar-refractivity contribution in [1.29, 1.82) is 0 Å². The third-order valence-corrected chi connectivity index (χ3v) is 3.43. The molecule has 0 saturated carbocycles. The van der Waals surface area contributed by atoms with E-state index in [0.717, 1.165) is 12.2 Å². The molecule has 21 heavy (non-hydrogen) atoms. The smallest absolute Gasteiger partial charge is 0.234 e. The lowest BCUT2D eigenvalue weighted by Gasteiger charge is -2.26. The standard InChI is InChI=1S/C15H23ClN2O3/c1-12(15(17)19)18(8-10-20-2)7-4-9-21-14-6-3-5-13(16)11-14/h3,5-6,11-12H,4,7-10H2,1-2H3,(H2,17,19). The summed E-state index contributed by atoms with van der Waals surface area (Å²) in [6.07, 6.45) is 0.786. The van der Waals surface area contributed by atoms with Crippen LogP contribution in [0.5, 0.6) is 5.75 Å². The van der Waals surface area contributed by atoms with Crippen molar-refractivity contribution in [1.82, 2.24) is 4.90 Å². The molecular weight excluding hydrogens is 292 g/mol. The molecule has 1 aromatic carbocycles. The lowest BCUT2D eigenvalue weighted by molar-refractivity contribution is -0.122. The molecule has 0 aromatic heterocycles. The van der Waals surface area contributed by atoms with E-state index in [1.807, 2.05) is 17.0 Å². The van der Waals surface area contributed by atoms with Crippen molar-refractivity contribution < 1.29 is 14.3 Å². The number of methoxy groups -OCH3 is 1. The Bertz CT molecular complexity index is 443. The van der Waals surface area contributed by atoms with Crippen LogP contribution in [-0.2, 0) is 9.53 Å². The minimum absolute atomic E-state index is 0.314. The van der Waals surface area contributed by atoms with Crippen LogP contribution in [-0.4, -0.2) is 50.3 Å². The molecule has 1 aromatic rings. The summed E-state index contributed by atoms with van der Waals surface area (Å²) in [5.74, 6) is 0.413. The van der Waals surface area contributed by atoms with Crippen LogP contribution in [0.3, 0.4) is 0 Å². The molecule has 0 spiro atoms. The average molecular weight is 315 g/mol. The van der Waals surface area contributed by atoms with Gasteiger partial charge in [0.2, 0.25) is 5.91 Å². The van der Waals surface area contributed by atoms with Crippen molar-refractivity contribution in [2.24, 2.45) is 5.73 Å². The Morgan fingerprint density at radius 1 is 1.38 bits per heavy atom. The van der Waals surface area contributed by atoms with Gasteiger partial charge in [-0.05, 0) is 31.5 Å². The van der Waals surface area contributed by atoms with Crippen molar-refractivity contribution in [3.05, 3.63) is 29.3 Å². The Morgan fingerprint density at radius 3 is 2.76 bits per heavy atom. The van der Waals surface area contributed by atoms with E-state index in [9.17, 15) is 4.79 Å². The second-order valence-electron chi connectivity index (χ2n) is 4.77. The number of ether oxygens (including phenoxy) is 2. The highest BCUT2D eigenvalue weighted by Crippen LogP contribution is 2.17. The Labute approximate surface area is 131 Å². The summed E-state index contributed by atoms with van der Waals surface area (Å²) >= 11 is 5.89. The molecule has 6 heteroatoms. The fourth-order valence-corrected chi connectivity index (χ4v) is 2.08. The number of hydrogen-bond acceptors (Lipinski definition) is 4. The van der Waals surface area contributed by atoms with Gasteiger partial charge in [-0.1, -0.05) is 17.7 Å². The largest absolute Gasteiger partial charge is 0.493 e. The van der Waals surface area contributed by atoms with E-state index in [2.05, 4.69) is 0 Å². The van der Waals surface area contributed by atoms with Gasteiger partial charge in [0.1, 0.15) is 5.75 Å². The number of carbonyl (C=O) groups excluding carboxylic acids is 1. The second kappa shape index (κ2) is 9.60. The molecule has 0 aliphatic heterocycles. The summed E-state index contributed by atoms with van der Waals surface area (Å²) in [7, 11) is 1.63. The molecule has 2 N–H and O–H groups in total. The minimum Gasteiger partial charge on any atom is -0.493 e. The van der Waals surface area contributed by atoms with Crippen LogP contribution in [0.15, 0.2) is 24.3 Å². The average Bonchev–Trinajstić information content (AvgIpc) is 2.46. The van der Waals surface area contributed by atoms with Gasteiger partial charge >= 0.3 is 0 Å². The highest BCUT2D eigenvalue weighted by atomic mass is 35.5. The zero-order valence-electron chi connectivity index (χ0n) is 12.5. The predicted molar refractivity (Wildman–Crippen MR) is 83.7 cm³/mol. The molecule has 1 amide bonds. The maximum absolute atomic E-state index is 11.3. The lowest BCUT2D eigenvalue weighted by Crippen LogP contribution is -2.44. The Kier molecular flexibility index (Phi) is 8.12. The van der Waals surface area contributed by atoms with Gasteiger partial charge in [0.25, 0.3) is 0 Å². The Hall–Kier alpha value is -1.30. The molecule has 1 rings (SSSR count). The fourth-order valence-electron chi connectivity index (χ4n) is 1.90. The number of nitrogens with two attached hydrogens (primary N) is 1. The minimum atomic E-state index is -0.332. The molecule has 0 aliphatic carbocycles. The van der Waals surface area contributed by atoms with Gasteiger partial charge in [-0.2, -0.15) is 0 Å². The van der Waals surface area contributed by atoms with E-state index in [1.165, 1.54) is 0 Å². The quantitative estimate of drug-likeness (QED) is 0.670. The van der Waals surface area contributed by atoms with Gasteiger partial charge in [-0.3, -0.25) is 9.69 Å². The normalized spacial score (nSPS) is 12.4. The van der Waals surface area contributed by atoms with Crippen molar-refractivity contribution >= 4 is 17.5 Å². The summed E-state index contributed by atoms with van der Waals surface area (Å²) in [5.41, 5.74) is 5.35. The van der Waals surface area contributed by atoms with Crippen LogP contribution in [0.2, 0.25) is 5.02 Å². The van der Waals surface area contributed by atoms with Crippen molar-refractivity contribution in [3.63, 3.8) is 0 Å². The van der Waals surface area contributed by atoms with E-state index in [4.69, 9.17) is 26.8 Å². The van der Waals surface area contributed by atoms with Crippen LogP contribution < -0.4 is 10.5 Å². The third kappa shape index (κ3) is 6.80. The topological polar surface area (TPSA) is 64.8 Å². The zero-order valence-corrected chi connectivity index (χ0v) is 13.3. The number of nitrogens with zero attached hydrogens (tertiary/aromatic N) is 1. The van der Waals surface area contributed by atoms with E-state index in [0.29, 0.717) is 31.3 Å². The predicted octanol–water partition coefficient (Wildman–Crippen LogP) is 1.93. The van der Waals surface area contributed by atoms with E-state index in [-0.39, 0.29) is 11.9 Å². The maximum atomic E-state index is 11.3. The summed E-state index contributed by atoms with van der Waals surface area (Å²) < 4.78 is 10.7. The molecular formula is C15H23ClN2O3. The molecule has 1 atom stereocenters. The Morgan fingerprint density at radius 2 is 2.14 bits per heavy atom. The van der Waals surface area contributed by atoms with E-state index in [1.54, 1.807) is 26.2 Å². The van der Waals surface area contributed by atoms with Crippen LogP contribution in [0, 0.1) is 0 Å². The third-order valence-electron chi connectivity index (χ3n) is 3.20. The number of hydrogen-bond donors (Lipinski definition) is 1. The first-order valence-electron chi connectivity index (χ1n) is 6.95. The molecule has 0 radical (unpaired) electrons. The van der Waals surface area contributed by atoms with Crippen molar-refractivity contribution in [3.8, 4) is 5.75 Å². The first-order valence-corrected chi connectivity index (χ1v) is 7.33. The number of carbonyl (C=O) groups is 1. The molecule has 0 aliphatic rings. The van der Waals surface area contributed by atoms with Gasteiger partial charge in [0.15, 0.2) is 0 Å². The van der Waals surface area contributed by atoms with E-state index < -0.39 is 0 Å². The molecule has 0 bridgehead atoms. The number of primary amides is 1. The zero-order chi connectivity index (χ0) is 15.7. The highest BCUT2D eigenvalue weighted by molar-refractivity contribution is 6.30. The molecule has 5 nitrogen and oxygen atoms in total. The highest BCUT2D eigenvalue weighted by Gasteiger charge is 2.17. The Balaban J connectivity index is 2.37. The lowest BCUT2D eigenvalue weighted by atomic mass is 10.2. The molecule has 1 unspecified atom stereocenters. The van der Waals surface area contributed by atoms with Gasteiger partial charge < -0.3 is 15.2 Å². The number of amides is 1. The number of rotatable bonds is 10. The summed E-state index contributed by atoms with van der Waals surface area (Å²) in [4.78, 5) is 13.3. The van der Waals surface area contributed by atoms with Gasteiger partial charge in [-0.15, -0.1) is 0 Å². The van der Waals surface area contributed by atoms with Crippen LogP contribution in [0.25, 0.3) is 0 Å². The first kappa shape index (κ1) is 17.8. The molecule has 0 heterocycles. The van der Waals surface area contributed by atoms with Crippen LogP contribution in [0.1, 0.15) is 13.3 Å². The van der Waals surface area contributed by atoms with Crippen molar-refractivity contribution in [2.45, 2.75) is 19.4 Å². The van der Waals surface area contributed by atoms with Gasteiger partial charge in [0.05, 0.1) is 19.3 Å². The second-order valence-corrected chi connectivity index (χ2v) is 5.20. The summed E-state index contributed by atoms with van der Waals surface area (Å²) in [6.45, 7) is 4.30. The first-order chi connectivity index (χ1) is 10.0. The molecule has 0 fully saturated rings. The van der Waals surface area contributed by atoms with Crippen LogP contribution in [0.4, 0.5) is 0 Å². The number of benzene rings is 1. The van der Waals surface area contributed by atoms with Gasteiger partial charge in [0, 0.05) is 25.2 Å². The van der Waals surface area contributed by atoms with E-state index >= 15 is 0 Å².